The van der Waals surface area contributed by atoms with Crippen molar-refractivity contribution in [2.24, 2.45) is 0 Å². The first-order valence-corrected chi connectivity index (χ1v) is 3.20. The minimum Gasteiger partial charge on any atom is -0.392 e. The van der Waals surface area contributed by atoms with Gasteiger partial charge in [-0.15, -0.1) is 0 Å². The summed E-state index contributed by atoms with van der Waals surface area (Å²) in [5.41, 5.74) is 0. The van der Waals surface area contributed by atoms with Crippen molar-refractivity contribution in [2.75, 3.05) is 13.1 Å². The van der Waals surface area contributed by atoms with Crippen LogP contribution in [0.5, 0.6) is 0 Å². The summed E-state index contributed by atoms with van der Waals surface area (Å²) in [5.74, 6) is 0. The molecule has 0 aromatic heterocycles. The summed E-state index contributed by atoms with van der Waals surface area (Å²) in [5, 5.41) is 12.0. The quantitative estimate of drug-likeness (QED) is 0.557. The van der Waals surface area contributed by atoms with Crippen molar-refractivity contribution in [2.45, 2.75) is 26.4 Å². The molecule has 2 heteroatoms. The molecule has 0 saturated carbocycles. The first-order valence-electron chi connectivity index (χ1n) is 3.20. The normalized spacial score (nSPS) is 13.9. The Hall–Kier alpha value is -0.0800. The van der Waals surface area contributed by atoms with Crippen molar-refractivity contribution in [1.82, 2.24) is 5.32 Å². The van der Waals surface area contributed by atoms with Crippen molar-refractivity contribution in [3.8, 4) is 0 Å². The SMILES string of the molecule is CCNCC(O)CC. The molecule has 0 heterocycles. The Morgan fingerprint density at radius 1 is 1.50 bits per heavy atom. The van der Waals surface area contributed by atoms with Gasteiger partial charge >= 0.3 is 0 Å². The van der Waals surface area contributed by atoms with E-state index in [-0.39, 0.29) is 6.10 Å². The minimum atomic E-state index is -0.157. The van der Waals surface area contributed by atoms with Crippen molar-refractivity contribution in [1.29, 1.82) is 0 Å². The topological polar surface area (TPSA) is 32.3 Å². The summed E-state index contributed by atoms with van der Waals surface area (Å²) in [7, 11) is 0. The summed E-state index contributed by atoms with van der Waals surface area (Å²) in [4.78, 5) is 0. The molecule has 0 saturated heterocycles. The molecular weight excluding hydrogens is 102 g/mol. The van der Waals surface area contributed by atoms with Crippen LogP contribution in [0.4, 0.5) is 0 Å². The van der Waals surface area contributed by atoms with Crippen LogP contribution >= 0.6 is 0 Å². The van der Waals surface area contributed by atoms with Crippen LogP contribution < -0.4 is 5.32 Å². The number of likely N-dealkylation sites (N-methyl/N-ethyl adjacent to an activating group) is 1. The van der Waals surface area contributed by atoms with E-state index in [1.807, 2.05) is 13.8 Å². The minimum absolute atomic E-state index is 0.157. The zero-order valence-electron chi connectivity index (χ0n) is 5.65. The molecule has 0 radical (unpaired) electrons. The predicted molar refractivity (Wildman–Crippen MR) is 34.8 cm³/mol. The molecule has 0 amide bonds. The second-order valence-corrected chi connectivity index (χ2v) is 1.87. The van der Waals surface area contributed by atoms with E-state index in [0.29, 0.717) is 0 Å². The Morgan fingerprint density at radius 2 is 2.12 bits per heavy atom. The highest BCUT2D eigenvalue weighted by Gasteiger charge is 1.95. The zero-order valence-corrected chi connectivity index (χ0v) is 5.65. The van der Waals surface area contributed by atoms with Gasteiger partial charge in [0.1, 0.15) is 0 Å². The average molecular weight is 117 g/mol. The number of hydrogen-bond acceptors (Lipinski definition) is 2. The van der Waals surface area contributed by atoms with Gasteiger partial charge in [-0.3, -0.25) is 0 Å². The van der Waals surface area contributed by atoms with E-state index in [1.165, 1.54) is 0 Å². The van der Waals surface area contributed by atoms with E-state index in [4.69, 9.17) is 5.11 Å². The Morgan fingerprint density at radius 3 is 2.50 bits per heavy atom. The van der Waals surface area contributed by atoms with Gasteiger partial charge in [-0.2, -0.15) is 0 Å². The summed E-state index contributed by atoms with van der Waals surface area (Å²) < 4.78 is 0. The fourth-order valence-corrected chi connectivity index (χ4v) is 0.455. The van der Waals surface area contributed by atoms with E-state index in [9.17, 15) is 0 Å². The van der Waals surface area contributed by atoms with Crippen LogP contribution in [0.2, 0.25) is 0 Å². The molecule has 1 atom stereocenters. The van der Waals surface area contributed by atoms with Gasteiger partial charge in [-0.25, -0.2) is 0 Å². The zero-order chi connectivity index (χ0) is 6.41. The summed E-state index contributed by atoms with van der Waals surface area (Å²) in [6, 6.07) is 0. The largest absolute Gasteiger partial charge is 0.392 e. The maximum Gasteiger partial charge on any atom is 0.0662 e. The molecule has 0 aromatic rings. The van der Waals surface area contributed by atoms with Crippen molar-refractivity contribution in [3.63, 3.8) is 0 Å². The van der Waals surface area contributed by atoms with Crippen LogP contribution in [-0.2, 0) is 0 Å². The molecule has 2 nitrogen and oxygen atoms in total. The molecule has 8 heavy (non-hydrogen) atoms. The lowest BCUT2D eigenvalue weighted by atomic mass is 10.3. The molecular formula is C6H15NO. The number of rotatable bonds is 4. The summed E-state index contributed by atoms with van der Waals surface area (Å²) in [6.07, 6.45) is 0.683. The van der Waals surface area contributed by atoms with Gasteiger partial charge in [0.25, 0.3) is 0 Å². The summed E-state index contributed by atoms with van der Waals surface area (Å²) >= 11 is 0. The maximum atomic E-state index is 8.93. The van der Waals surface area contributed by atoms with Gasteiger partial charge < -0.3 is 10.4 Å². The predicted octanol–water partition coefficient (Wildman–Crippen LogP) is 0.367. The highest BCUT2D eigenvalue weighted by molar-refractivity contribution is 4.53. The highest BCUT2D eigenvalue weighted by atomic mass is 16.3. The van der Waals surface area contributed by atoms with Crippen LogP contribution in [0.3, 0.4) is 0 Å². The smallest absolute Gasteiger partial charge is 0.0662 e. The van der Waals surface area contributed by atoms with Crippen LogP contribution in [0.1, 0.15) is 20.3 Å². The van der Waals surface area contributed by atoms with Crippen LogP contribution in [0, 0.1) is 0 Å². The molecule has 0 spiro atoms. The van der Waals surface area contributed by atoms with Gasteiger partial charge in [0.2, 0.25) is 0 Å². The number of hydrogen-bond donors (Lipinski definition) is 2. The van der Waals surface area contributed by atoms with E-state index in [1.54, 1.807) is 0 Å². The third kappa shape index (κ3) is 4.09. The van der Waals surface area contributed by atoms with Crippen LogP contribution in [0.25, 0.3) is 0 Å². The Balaban J connectivity index is 2.86. The third-order valence-electron chi connectivity index (χ3n) is 1.10. The van der Waals surface area contributed by atoms with E-state index in [0.717, 1.165) is 19.5 Å². The Kier molecular flexibility index (Phi) is 5.01. The molecule has 0 rings (SSSR count). The maximum absolute atomic E-state index is 8.93. The molecule has 0 fully saturated rings. The van der Waals surface area contributed by atoms with Gasteiger partial charge in [0.15, 0.2) is 0 Å². The molecule has 1 unspecified atom stereocenters. The molecule has 0 aliphatic carbocycles. The molecule has 0 bridgehead atoms. The van der Waals surface area contributed by atoms with Crippen molar-refractivity contribution >= 4 is 0 Å². The van der Waals surface area contributed by atoms with E-state index >= 15 is 0 Å². The fourth-order valence-electron chi connectivity index (χ4n) is 0.455. The molecule has 0 aromatic carbocycles. The van der Waals surface area contributed by atoms with E-state index < -0.39 is 0 Å². The Bertz CT molecular complexity index is 47.8. The van der Waals surface area contributed by atoms with Gasteiger partial charge in [-0.05, 0) is 13.0 Å². The van der Waals surface area contributed by atoms with Crippen molar-refractivity contribution < 1.29 is 5.11 Å². The average Bonchev–Trinajstić information content (AvgIpc) is 1.83. The second kappa shape index (κ2) is 5.06. The van der Waals surface area contributed by atoms with Crippen LogP contribution in [0.15, 0.2) is 0 Å². The first-order chi connectivity index (χ1) is 3.81. The number of nitrogens with one attached hydrogen (secondary N) is 1. The monoisotopic (exact) mass is 117 g/mol. The van der Waals surface area contributed by atoms with Gasteiger partial charge in [0, 0.05) is 6.54 Å². The molecule has 50 valence electrons. The molecule has 2 N–H and O–H groups in total. The van der Waals surface area contributed by atoms with Crippen LogP contribution in [-0.4, -0.2) is 24.3 Å². The lowest BCUT2D eigenvalue weighted by Crippen LogP contribution is -2.25. The molecule has 0 aliphatic rings. The first kappa shape index (κ1) is 7.92. The van der Waals surface area contributed by atoms with Gasteiger partial charge in [-0.1, -0.05) is 13.8 Å². The van der Waals surface area contributed by atoms with Crippen molar-refractivity contribution in [3.05, 3.63) is 0 Å². The second-order valence-electron chi connectivity index (χ2n) is 1.87. The Labute approximate surface area is 50.9 Å². The third-order valence-corrected chi connectivity index (χ3v) is 1.10. The molecule has 0 aliphatic heterocycles. The lowest BCUT2D eigenvalue weighted by Gasteiger charge is -2.05. The number of aliphatic hydroxyl groups excluding tert-OH is 1. The summed E-state index contributed by atoms with van der Waals surface area (Å²) in [6.45, 7) is 5.68. The highest BCUT2D eigenvalue weighted by Crippen LogP contribution is 1.84. The lowest BCUT2D eigenvalue weighted by molar-refractivity contribution is 0.168. The number of aliphatic hydroxyl groups is 1. The van der Waals surface area contributed by atoms with E-state index in [2.05, 4.69) is 5.32 Å². The standard InChI is InChI=1S/C6H15NO/c1-3-6(8)5-7-4-2/h6-8H,3-5H2,1-2H3. The van der Waals surface area contributed by atoms with Gasteiger partial charge in [0.05, 0.1) is 6.10 Å². The fraction of sp³-hybridized carbons (Fsp3) is 1.00.